The third kappa shape index (κ3) is 4.90. The number of amides is 2. The number of nitrogens with zero attached hydrogens (tertiary/aromatic N) is 3. The second-order valence-corrected chi connectivity index (χ2v) is 9.47. The Bertz CT molecular complexity index is 1330. The number of aromatic nitrogens is 2. The highest BCUT2D eigenvalue weighted by Gasteiger charge is 2.34. The summed E-state index contributed by atoms with van der Waals surface area (Å²) >= 11 is 0. The van der Waals surface area contributed by atoms with Crippen LogP contribution in [0, 0.1) is 5.82 Å². The van der Waals surface area contributed by atoms with Crippen LogP contribution < -0.4 is 14.8 Å². The number of hydrogen-bond acceptors (Lipinski definition) is 6. The van der Waals surface area contributed by atoms with Gasteiger partial charge < -0.3 is 24.4 Å². The van der Waals surface area contributed by atoms with Crippen LogP contribution in [0.2, 0.25) is 0 Å². The number of rotatable bonds is 5. The van der Waals surface area contributed by atoms with Crippen molar-refractivity contribution >= 4 is 17.6 Å². The van der Waals surface area contributed by atoms with E-state index in [1.807, 2.05) is 13.8 Å². The van der Waals surface area contributed by atoms with Gasteiger partial charge >= 0.3 is 0 Å². The van der Waals surface area contributed by atoms with Gasteiger partial charge in [0.2, 0.25) is 0 Å². The summed E-state index contributed by atoms with van der Waals surface area (Å²) in [5, 5.41) is 6.90. The molecule has 188 valence electrons. The third-order valence-corrected chi connectivity index (χ3v) is 6.07. The lowest BCUT2D eigenvalue weighted by atomic mass is 9.99. The largest absolute Gasteiger partial charge is 0.487 e. The summed E-state index contributed by atoms with van der Waals surface area (Å²) in [7, 11) is 1.75. The molecule has 0 atom stereocenters. The lowest BCUT2D eigenvalue weighted by molar-refractivity contribution is 0.0302. The molecule has 10 heteroatoms. The molecule has 1 aromatic heterocycles. The monoisotopic (exact) mass is 494 g/mol. The van der Waals surface area contributed by atoms with Crippen molar-refractivity contribution in [1.82, 2.24) is 14.7 Å². The zero-order chi connectivity index (χ0) is 25.4. The summed E-state index contributed by atoms with van der Waals surface area (Å²) in [6.45, 7) is 5.71. The lowest BCUT2D eigenvalue weighted by Gasteiger charge is -2.27. The van der Waals surface area contributed by atoms with E-state index in [1.54, 1.807) is 41.0 Å². The highest BCUT2D eigenvalue weighted by Crippen LogP contribution is 2.43. The standard InChI is InChI=1S/C26H27FN4O5/c1-26(2)15-18-21(13-17(14-22(18)36-26)24(32)28-23-6-7-30(3)29-23)35-20-5-4-16(12-19(20)27)25(33)31-8-10-34-11-9-31/h4-7,12-14H,8-11,15H2,1-3H3,(H,28,29,32). The van der Waals surface area contributed by atoms with E-state index in [9.17, 15) is 9.59 Å². The van der Waals surface area contributed by atoms with Gasteiger partial charge in [-0.1, -0.05) is 0 Å². The number of benzene rings is 2. The van der Waals surface area contributed by atoms with E-state index in [-0.39, 0.29) is 22.8 Å². The van der Waals surface area contributed by atoms with E-state index in [0.29, 0.717) is 50.0 Å². The van der Waals surface area contributed by atoms with E-state index < -0.39 is 17.3 Å². The van der Waals surface area contributed by atoms with Gasteiger partial charge in [0.15, 0.2) is 17.4 Å². The van der Waals surface area contributed by atoms with E-state index in [2.05, 4.69) is 10.4 Å². The highest BCUT2D eigenvalue weighted by atomic mass is 19.1. The number of anilines is 1. The van der Waals surface area contributed by atoms with Crippen molar-refractivity contribution in [1.29, 1.82) is 0 Å². The van der Waals surface area contributed by atoms with Gasteiger partial charge in [0.25, 0.3) is 11.8 Å². The summed E-state index contributed by atoms with van der Waals surface area (Å²) in [5.74, 6) is -0.168. The molecule has 0 saturated carbocycles. The van der Waals surface area contributed by atoms with Crippen LogP contribution in [0.25, 0.3) is 0 Å². The molecular formula is C26H27FN4O5. The summed E-state index contributed by atoms with van der Waals surface area (Å²) in [6.07, 6.45) is 2.24. The number of halogens is 1. The number of ether oxygens (including phenoxy) is 3. The molecule has 2 aliphatic heterocycles. The predicted octanol–water partition coefficient (Wildman–Crippen LogP) is 3.79. The molecule has 2 aromatic carbocycles. The first kappa shape index (κ1) is 23.8. The molecular weight excluding hydrogens is 467 g/mol. The number of hydrogen-bond donors (Lipinski definition) is 1. The van der Waals surface area contributed by atoms with Crippen molar-refractivity contribution < 1.29 is 28.2 Å². The first-order valence-electron chi connectivity index (χ1n) is 11.7. The molecule has 0 aliphatic carbocycles. The number of morpholine rings is 1. The van der Waals surface area contributed by atoms with E-state index in [0.717, 1.165) is 5.56 Å². The minimum absolute atomic E-state index is 0.0530. The minimum atomic E-state index is -0.677. The Morgan fingerprint density at radius 3 is 2.56 bits per heavy atom. The fraction of sp³-hybridized carbons (Fsp3) is 0.346. The third-order valence-electron chi connectivity index (χ3n) is 6.07. The molecule has 3 aromatic rings. The van der Waals surface area contributed by atoms with Crippen molar-refractivity contribution in [2.45, 2.75) is 25.9 Å². The van der Waals surface area contributed by atoms with Gasteiger partial charge in [-0.3, -0.25) is 14.3 Å². The van der Waals surface area contributed by atoms with Crippen LogP contribution in [-0.2, 0) is 18.2 Å². The lowest BCUT2D eigenvalue weighted by Crippen LogP contribution is -2.40. The molecule has 1 fully saturated rings. The van der Waals surface area contributed by atoms with E-state index >= 15 is 4.39 Å². The molecule has 9 nitrogen and oxygen atoms in total. The van der Waals surface area contributed by atoms with Gasteiger partial charge in [-0.2, -0.15) is 5.10 Å². The molecule has 2 aliphatic rings. The summed E-state index contributed by atoms with van der Waals surface area (Å²) in [6, 6.07) is 9.03. The van der Waals surface area contributed by atoms with Gasteiger partial charge in [-0.15, -0.1) is 0 Å². The Labute approximate surface area is 207 Å². The maximum atomic E-state index is 15.1. The SMILES string of the molecule is Cn1ccc(NC(=O)c2cc(Oc3ccc(C(=O)N4CCOCC4)cc3F)c3c(c2)OC(C)(C)C3)n1. The first-order chi connectivity index (χ1) is 17.2. The maximum Gasteiger partial charge on any atom is 0.257 e. The minimum Gasteiger partial charge on any atom is -0.487 e. The molecule has 0 spiro atoms. The van der Waals surface area contributed by atoms with Crippen LogP contribution in [0.1, 0.15) is 40.1 Å². The van der Waals surface area contributed by atoms with Gasteiger partial charge in [0.05, 0.1) is 13.2 Å². The summed E-state index contributed by atoms with van der Waals surface area (Å²) in [4.78, 5) is 27.3. The molecule has 0 unspecified atom stereocenters. The smallest absolute Gasteiger partial charge is 0.257 e. The number of carbonyl (C=O) groups excluding carboxylic acids is 2. The van der Waals surface area contributed by atoms with Gasteiger partial charge in [-0.25, -0.2) is 4.39 Å². The predicted molar refractivity (Wildman–Crippen MR) is 129 cm³/mol. The van der Waals surface area contributed by atoms with Crippen LogP contribution in [0.3, 0.4) is 0 Å². The fourth-order valence-electron chi connectivity index (χ4n) is 4.32. The average molecular weight is 495 g/mol. The molecule has 1 N–H and O–H groups in total. The number of fused-ring (bicyclic) bond motifs is 1. The Morgan fingerprint density at radius 1 is 1.08 bits per heavy atom. The Hall–Kier alpha value is -3.92. The van der Waals surface area contributed by atoms with Crippen molar-refractivity contribution in [3.8, 4) is 17.2 Å². The van der Waals surface area contributed by atoms with Gasteiger partial charge in [0, 0.05) is 55.5 Å². The van der Waals surface area contributed by atoms with Crippen LogP contribution in [0.5, 0.6) is 17.2 Å². The molecule has 3 heterocycles. The van der Waals surface area contributed by atoms with Crippen LogP contribution in [0.4, 0.5) is 10.2 Å². The van der Waals surface area contributed by atoms with Crippen molar-refractivity contribution in [2.75, 3.05) is 31.6 Å². The topological polar surface area (TPSA) is 94.9 Å². The second-order valence-electron chi connectivity index (χ2n) is 9.47. The van der Waals surface area contributed by atoms with Crippen molar-refractivity contribution in [2.24, 2.45) is 7.05 Å². The molecule has 36 heavy (non-hydrogen) atoms. The van der Waals surface area contributed by atoms with Gasteiger partial charge in [-0.05, 0) is 44.2 Å². The van der Waals surface area contributed by atoms with Crippen LogP contribution >= 0.6 is 0 Å². The fourth-order valence-corrected chi connectivity index (χ4v) is 4.32. The number of aryl methyl sites for hydroxylation is 1. The zero-order valence-electron chi connectivity index (χ0n) is 20.3. The number of carbonyl (C=O) groups is 2. The Kier molecular flexibility index (Phi) is 6.13. The van der Waals surface area contributed by atoms with E-state index in [1.165, 1.54) is 18.2 Å². The normalized spacial score (nSPS) is 16.3. The molecule has 0 bridgehead atoms. The second kappa shape index (κ2) is 9.27. The molecule has 2 amide bonds. The van der Waals surface area contributed by atoms with Crippen molar-refractivity contribution in [3.63, 3.8) is 0 Å². The van der Waals surface area contributed by atoms with Gasteiger partial charge in [0.1, 0.15) is 17.1 Å². The summed E-state index contributed by atoms with van der Waals surface area (Å²) in [5.41, 5.74) is 0.748. The van der Waals surface area contributed by atoms with Crippen LogP contribution in [-0.4, -0.2) is 58.4 Å². The molecule has 1 saturated heterocycles. The highest BCUT2D eigenvalue weighted by molar-refractivity contribution is 6.04. The summed E-state index contributed by atoms with van der Waals surface area (Å²) < 4.78 is 33.9. The molecule has 0 radical (unpaired) electrons. The Morgan fingerprint density at radius 2 is 1.86 bits per heavy atom. The molecule has 5 rings (SSSR count). The Balaban J connectivity index is 1.42. The van der Waals surface area contributed by atoms with Crippen molar-refractivity contribution in [3.05, 3.63) is 65.1 Å². The van der Waals surface area contributed by atoms with Crippen LogP contribution in [0.15, 0.2) is 42.6 Å². The number of nitrogens with one attached hydrogen (secondary N) is 1. The van der Waals surface area contributed by atoms with E-state index in [4.69, 9.17) is 14.2 Å². The maximum absolute atomic E-state index is 15.1. The zero-order valence-corrected chi connectivity index (χ0v) is 20.3. The quantitative estimate of drug-likeness (QED) is 0.580. The average Bonchev–Trinajstić information content (AvgIpc) is 3.40. The first-order valence-corrected chi connectivity index (χ1v) is 11.7.